The van der Waals surface area contributed by atoms with Crippen LogP contribution in [0.1, 0.15) is 22.2 Å². The minimum Gasteiger partial charge on any atom is -0.477 e. The number of thiophene rings is 1. The van der Waals surface area contributed by atoms with Crippen LogP contribution in [0.25, 0.3) is 21.0 Å². The van der Waals surface area contributed by atoms with Gasteiger partial charge in [-0.3, -0.25) is 0 Å². The largest absolute Gasteiger partial charge is 0.477 e. The van der Waals surface area contributed by atoms with E-state index in [1.54, 1.807) is 6.07 Å². The van der Waals surface area contributed by atoms with Gasteiger partial charge in [0.25, 0.3) is 0 Å². The normalized spacial score (nSPS) is 11.3. The Morgan fingerprint density at radius 3 is 2.84 bits per heavy atom. The molecule has 1 aromatic carbocycles. The summed E-state index contributed by atoms with van der Waals surface area (Å²) in [7, 11) is 0. The van der Waals surface area contributed by atoms with Gasteiger partial charge >= 0.3 is 5.97 Å². The predicted molar refractivity (Wildman–Crippen MR) is 78.5 cm³/mol. The molecule has 3 aromatic rings. The molecule has 2 heterocycles. The monoisotopic (exact) mass is 291 g/mol. The Morgan fingerprint density at radius 1 is 1.37 bits per heavy atom. The van der Waals surface area contributed by atoms with Gasteiger partial charge in [0.1, 0.15) is 10.0 Å². The molecular weight excluding hydrogens is 282 g/mol. The first-order valence-corrected chi connectivity index (χ1v) is 7.04. The van der Waals surface area contributed by atoms with Crippen LogP contribution in [0.5, 0.6) is 0 Å². The number of aromatic carboxylic acids is 1. The molecule has 0 spiro atoms. The van der Waals surface area contributed by atoms with Crippen LogP contribution in [-0.4, -0.2) is 16.1 Å². The lowest BCUT2D eigenvalue weighted by molar-refractivity contribution is 0.0702. The summed E-state index contributed by atoms with van der Waals surface area (Å²) < 4.78 is 0.891. The number of fused-ring (bicyclic) bond motifs is 3. The van der Waals surface area contributed by atoms with Gasteiger partial charge < -0.3 is 5.11 Å². The molecule has 0 fully saturated rings. The molecule has 0 saturated carbocycles. The first-order chi connectivity index (χ1) is 9.10. The van der Waals surface area contributed by atoms with E-state index in [4.69, 9.17) is 16.7 Å². The van der Waals surface area contributed by atoms with Crippen molar-refractivity contribution in [2.24, 2.45) is 0 Å². The van der Waals surface area contributed by atoms with Gasteiger partial charge in [0.15, 0.2) is 0 Å². The zero-order valence-electron chi connectivity index (χ0n) is 10.1. The van der Waals surface area contributed by atoms with E-state index in [0.717, 1.165) is 22.0 Å². The molecular formula is C14H10ClNO2S. The molecule has 3 nitrogen and oxygen atoms in total. The second-order valence-corrected chi connectivity index (χ2v) is 5.68. The second kappa shape index (κ2) is 4.47. The van der Waals surface area contributed by atoms with Crippen molar-refractivity contribution in [1.29, 1.82) is 0 Å². The summed E-state index contributed by atoms with van der Waals surface area (Å²) in [5.74, 6) is -0.933. The number of carbonyl (C=O) groups is 1. The van der Waals surface area contributed by atoms with Gasteiger partial charge in [-0.05, 0) is 30.2 Å². The van der Waals surface area contributed by atoms with E-state index < -0.39 is 5.97 Å². The van der Waals surface area contributed by atoms with Gasteiger partial charge in [0, 0.05) is 15.5 Å². The lowest BCUT2D eigenvalue weighted by Gasteiger charge is -2.03. The average molecular weight is 292 g/mol. The van der Waals surface area contributed by atoms with E-state index in [9.17, 15) is 4.79 Å². The molecule has 0 saturated heterocycles. The maximum absolute atomic E-state index is 11.1. The van der Waals surface area contributed by atoms with E-state index in [-0.39, 0.29) is 4.88 Å². The van der Waals surface area contributed by atoms with Crippen molar-refractivity contribution < 1.29 is 9.90 Å². The quantitative estimate of drug-likeness (QED) is 0.714. The highest BCUT2D eigenvalue weighted by Crippen LogP contribution is 2.36. The molecule has 0 aliphatic carbocycles. The highest BCUT2D eigenvalue weighted by molar-refractivity contribution is 7.21. The molecule has 5 heteroatoms. The first kappa shape index (κ1) is 12.4. The summed E-state index contributed by atoms with van der Waals surface area (Å²) in [5, 5.41) is 11.1. The minimum atomic E-state index is -0.933. The summed E-state index contributed by atoms with van der Waals surface area (Å²) in [6.45, 7) is 2.08. The Balaban J connectivity index is 2.44. The van der Waals surface area contributed by atoms with Crippen molar-refractivity contribution >= 4 is 49.9 Å². The van der Waals surface area contributed by atoms with Gasteiger partial charge in [-0.15, -0.1) is 11.3 Å². The maximum Gasteiger partial charge on any atom is 0.345 e. The minimum absolute atomic E-state index is 0.285. The summed E-state index contributed by atoms with van der Waals surface area (Å²) in [6.07, 6.45) is 0.928. The smallest absolute Gasteiger partial charge is 0.345 e. The van der Waals surface area contributed by atoms with E-state index in [2.05, 4.69) is 18.0 Å². The number of aryl methyl sites for hydroxylation is 1. The summed E-state index contributed by atoms with van der Waals surface area (Å²) in [6, 6.07) is 7.60. The Labute approximate surface area is 118 Å². The molecule has 3 rings (SSSR count). The van der Waals surface area contributed by atoms with Crippen molar-refractivity contribution in [3.63, 3.8) is 0 Å². The van der Waals surface area contributed by atoms with Gasteiger partial charge in [0.05, 0.1) is 5.52 Å². The highest BCUT2D eigenvalue weighted by atomic mass is 35.5. The van der Waals surface area contributed by atoms with E-state index in [0.29, 0.717) is 10.5 Å². The van der Waals surface area contributed by atoms with Crippen LogP contribution in [0.15, 0.2) is 24.3 Å². The molecule has 0 aliphatic heterocycles. The summed E-state index contributed by atoms with van der Waals surface area (Å²) >= 11 is 7.37. The van der Waals surface area contributed by atoms with Crippen LogP contribution < -0.4 is 0 Å². The third-order valence-corrected chi connectivity index (χ3v) is 4.54. The zero-order chi connectivity index (χ0) is 13.6. The lowest BCUT2D eigenvalue weighted by atomic mass is 10.1. The average Bonchev–Trinajstić information content (AvgIpc) is 2.84. The second-order valence-electron chi connectivity index (χ2n) is 4.27. The number of rotatable bonds is 2. The Morgan fingerprint density at radius 2 is 2.16 bits per heavy atom. The van der Waals surface area contributed by atoms with Crippen molar-refractivity contribution in [3.05, 3.63) is 39.9 Å². The Hall–Kier alpha value is -1.65. The SMILES string of the molecule is CCc1ccc2nc(Cl)c3cc(C(=O)O)sc3c2c1. The van der Waals surface area contributed by atoms with Crippen molar-refractivity contribution in [3.8, 4) is 0 Å². The van der Waals surface area contributed by atoms with Crippen LogP contribution in [0.3, 0.4) is 0 Å². The zero-order valence-corrected chi connectivity index (χ0v) is 11.7. The maximum atomic E-state index is 11.1. The molecule has 19 heavy (non-hydrogen) atoms. The van der Waals surface area contributed by atoms with E-state index >= 15 is 0 Å². The number of pyridine rings is 1. The number of benzene rings is 1. The van der Waals surface area contributed by atoms with Gasteiger partial charge in [-0.25, -0.2) is 9.78 Å². The molecule has 0 unspecified atom stereocenters. The predicted octanol–water partition coefficient (Wildman–Crippen LogP) is 4.36. The van der Waals surface area contributed by atoms with Gasteiger partial charge in [0.2, 0.25) is 0 Å². The van der Waals surface area contributed by atoms with E-state index in [1.165, 1.54) is 16.9 Å². The number of carboxylic acids is 1. The fourth-order valence-corrected chi connectivity index (χ4v) is 3.42. The van der Waals surface area contributed by atoms with Crippen LogP contribution >= 0.6 is 22.9 Å². The number of nitrogens with zero attached hydrogens (tertiary/aromatic N) is 1. The van der Waals surface area contributed by atoms with Crippen LogP contribution in [-0.2, 0) is 6.42 Å². The van der Waals surface area contributed by atoms with Crippen molar-refractivity contribution in [2.75, 3.05) is 0 Å². The fraction of sp³-hybridized carbons (Fsp3) is 0.143. The standard InChI is InChI=1S/C14H10ClNO2S/c1-2-7-3-4-10-8(5-7)12-9(13(15)16-10)6-11(19-12)14(17)18/h3-6H,2H2,1H3,(H,17,18). The fourth-order valence-electron chi connectivity index (χ4n) is 2.10. The molecule has 0 aliphatic rings. The number of hydrogen-bond donors (Lipinski definition) is 1. The Kier molecular flexibility index (Phi) is 2.92. The van der Waals surface area contributed by atoms with Gasteiger partial charge in [-0.1, -0.05) is 24.6 Å². The first-order valence-electron chi connectivity index (χ1n) is 5.85. The van der Waals surface area contributed by atoms with Crippen LogP contribution in [0.2, 0.25) is 5.15 Å². The molecule has 2 aromatic heterocycles. The Bertz CT molecular complexity index is 810. The number of aromatic nitrogens is 1. The van der Waals surface area contributed by atoms with Crippen molar-refractivity contribution in [2.45, 2.75) is 13.3 Å². The molecule has 0 atom stereocenters. The number of carboxylic acid groups (broad SMARTS) is 1. The van der Waals surface area contributed by atoms with E-state index in [1.807, 2.05) is 12.1 Å². The third kappa shape index (κ3) is 1.97. The molecule has 1 N–H and O–H groups in total. The molecule has 0 bridgehead atoms. The molecule has 0 radical (unpaired) electrons. The van der Waals surface area contributed by atoms with Crippen molar-refractivity contribution in [1.82, 2.24) is 4.98 Å². The topological polar surface area (TPSA) is 50.2 Å². The summed E-state index contributed by atoms with van der Waals surface area (Å²) in [5.41, 5.74) is 2.00. The van der Waals surface area contributed by atoms with Crippen LogP contribution in [0.4, 0.5) is 0 Å². The summed E-state index contributed by atoms with van der Waals surface area (Å²) in [4.78, 5) is 15.7. The lowest BCUT2D eigenvalue weighted by Crippen LogP contribution is -1.89. The number of halogens is 1. The van der Waals surface area contributed by atoms with Gasteiger partial charge in [-0.2, -0.15) is 0 Å². The third-order valence-electron chi connectivity index (χ3n) is 3.10. The molecule has 0 amide bonds. The molecule has 96 valence electrons. The number of hydrogen-bond acceptors (Lipinski definition) is 3. The highest BCUT2D eigenvalue weighted by Gasteiger charge is 2.14. The van der Waals surface area contributed by atoms with Crippen LogP contribution in [0, 0.1) is 0 Å².